The van der Waals surface area contributed by atoms with Crippen molar-refractivity contribution in [3.63, 3.8) is 0 Å². The third-order valence-corrected chi connectivity index (χ3v) is 4.22. The van der Waals surface area contributed by atoms with Crippen LogP contribution in [0.2, 0.25) is 0 Å². The Kier molecular flexibility index (Phi) is 5.67. The van der Waals surface area contributed by atoms with Crippen molar-refractivity contribution in [2.24, 2.45) is 0 Å². The van der Waals surface area contributed by atoms with Crippen LogP contribution in [-0.4, -0.2) is 37.3 Å². The number of fused-ring (bicyclic) bond motifs is 1. The average Bonchev–Trinajstić information content (AvgIpc) is 2.70. The number of likely N-dealkylation sites (N-methyl/N-ethyl adjacent to an activating group) is 1. The molecule has 1 amide bonds. The van der Waals surface area contributed by atoms with Gasteiger partial charge in [-0.2, -0.15) is 0 Å². The van der Waals surface area contributed by atoms with Gasteiger partial charge in [0.2, 0.25) is 0 Å². The molecule has 0 saturated carbocycles. The number of nitrogens with zero attached hydrogens (tertiary/aromatic N) is 1. The van der Waals surface area contributed by atoms with Gasteiger partial charge in [-0.1, -0.05) is 60.7 Å². The topological polar surface area (TPSA) is 46.6 Å². The van der Waals surface area contributed by atoms with E-state index in [4.69, 9.17) is 4.74 Å². The van der Waals surface area contributed by atoms with Crippen molar-refractivity contribution in [2.75, 3.05) is 20.7 Å². The Labute approximate surface area is 158 Å². The second-order valence-corrected chi connectivity index (χ2v) is 6.37. The molecule has 136 valence electrons. The summed E-state index contributed by atoms with van der Waals surface area (Å²) in [5, 5.41) is 2.23. The molecule has 4 nitrogen and oxygen atoms in total. The first-order valence-electron chi connectivity index (χ1n) is 8.68. The predicted molar refractivity (Wildman–Crippen MR) is 108 cm³/mol. The summed E-state index contributed by atoms with van der Waals surface area (Å²) in [7, 11) is 3.34. The molecule has 0 bridgehead atoms. The van der Waals surface area contributed by atoms with Gasteiger partial charge in [0.15, 0.2) is 12.4 Å². The Hall–Kier alpha value is -3.40. The van der Waals surface area contributed by atoms with Gasteiger partial charge in [0, 0.05) is 19.7 Å². The lowest BCUT2D eigenvalue weighted by atomic mass is 10.0. The van der Waals surface area contributed by atoms with Gasteiger partial charge in [0.05, 0.1) is 0 Å². The first-order chi connectivity index (χ1) is 13.0. The van der Waals surface area contributed by atoms with Crippen LogP contribution in [0.4, 0.5) is 0 Å². The number of carbonyl (C=O) groups excluding carboxylic acids is 2. The molecule has 4 heteroatoms. The van der Waals surface area contributed by atoms with Crippen molar-refractivity contribution in [1.29, 1.82) is 0 Å². The molecule has 0 atom stereocenters. The second-order valence-electron chi connectivity index (χ2n) is 6.37. The number of ketones is 1. The van der Waals surface area contributed by atoms with E-state index < -0.39 is 0 Å². The Morgan fingerprint density at radius 1 is 0.963 bits per heavy atom. The standard InChI is InChI=1S/C23H21NO3/c1-24(2)23(26)16-27-20-11-6-10-19(15-20)22(25)14-13-18-9-5-8-17-7-3-4-12-21(17)18/h3-15H,16H2,1-2H3/b14-13+. The van der Waals surface area contributed by atoms with Crippen LogP contribution in [-0.2, 0) is 4.79 Å². The van der Waals surface area contributed by atoms with Crippen LogP contribution in [0.25, 0.3) is 16.8 Å². The molecule has 3 aromatic rings. The lowest BCUT2D eigenvalue weighted by Crippen LogP contribution is -2.27. The van der Waals surface area contributed by atoms with Crippen molar-refractivity contribution < 1.29 is 14.3 Å². The number of ether oxygens (including phenoxy) is 1. The van der Waals surface area contributed by atoms with Gasteiger partial charge >= 0.3 is 0 Å². The van der Waals surface area contributed by atoms with E-state index in [1.807, 2.05) is 48.5 Å². The molecule has 27 heavy (non-hydrogen) atoms. The highest BCUT2D eigenvalue weighted by molar-refractivity contribution is 6.08. The number of allylic oxidation sites excluding steroid dienone is 1. The molecule has 0 aliphatic heterocycles. The van der Waals surface area contributed by atoms with Gasteiger partial charge in [-0.3, -0.25) is 9.59 Å². The van der Waals surface area contributed by atoms with Crippen molar-refractivity contribution in [3.8, 4) is 5.75 Å². The van der Waals surface area contributed by atoms with E-state index in [1.165, 1.54) is 4.90 Å². The van der Waals surface area contributed by atoms with E-state index >= 15 is 0 Å². The van der Waals surface area contributed by atoms with E-state index in [-0.39, 0.29) is 18.3 Å². The van der Waals surface area contributed by atoms with Crippen molar-refractivity contribution in [2.45, 2.75) is 0 Å². The normalized spacial score (nSPS) is 10.9. The third-order valence-electron chi connectivity index (χ3n) is 4.22. The zero-order chi connectivity index (χ0) is 19.2. The number of rotatable bonds is 6. The van der Waals surface area contributed by atoms with Crippen molar-refractivity contribution in [3.05, 3.63) is 83.9 Å². The van der Waals surface area contributed by atoms with E-state index in [9.17, 15) is 9.59 Å². The summed E-state index contributed by atoms with van der Waals surface area (Å²) in [5.74, 6) is 0.240. The van der Waals surface area contributed by atoms with Crippen molar-refractivity contribution >= 4 is 28.5 Å². The Balaban J connectivity index is 1.75. The van der Waals surface area contributed by atoms with Crippen LogP contribution in [0.5, 0.6) is 5.75 Å². The molecule has 0 aliphatic carbocycles. The highest BCUT2D eigenvalue weighted by Gasteiger charge is 2.07. The summed E-state index contributed by atoms with van der Waals surface area (Å²) >= 11 is 0. The largest absolute Gasteiger partial charge is 0.484 e. The summed E-state index contributed by atoms with van der Waals surface area (Å²) in [6.07, 6.45) is 3.39. The number of hydrogen-bond acceptors (Lipinski definition) is 3. The first-order valence-corrected chi connectivity index (χ1v) is 8.68. The fourth-order valence-electron chi connectivity index (χ4n) is 2.67. The number of benzene rings is 3. The van der Waals surface area contributed by atoms with E-state index in [1.54, 1.807) is 44.4 Å². The minimum absolute atomic E-state index is 0.0590. The van der Waals surface area contributed by atoms with E-state index in [0.29, 0.717) is 11.3 Å². The quantitative estimate of drug-likeness (QED) is 0.489. The lowest BCUT2D eigenvalue weighted by molar-refractivity contribution is -0.130. The van der Waals surface area contributed by atoms with Crippen LogP contribution in [0.1, 0.15) is 15.9 Å². The zero-order valence-corrected chi connectivity index (χ0v) is 15.4. The van der Waals surface area contributed by atoms with E-state index in [0.717, 1.165) is 16.3 Å². The molecule has 0 N–H and O–H groups in total. The average molecular weight is 359 g/mol. The minimum atomic E-state index is -0.136. The lowest BCUT2D eigenvalue weighted by Gasteiger charge is -2.11. The molecule has 0 fully saturated rings. The molecule has 0 spiro atoms. The maximum atomic E-state index is 12.5. The molecule has 0 aliphatic rings. The second kappa shape index (κ2) is 8.32. The highest BCUT2D eigenvalue weighted by atomic mass is 16.5. The molecule has 0 radical (unpaired) electrons. The fourth-order valence-corrected chi connectivity index (χ4v) is 2.67. The smallest absolute Gasteiger partial charge is 0.259 e. The molecular weight excluding hydrogens is 338 g/mol. The summed E-state index contributed by atoms with van der Waals surface area (Å²) in [6, 6.07) is 20.9. The van der Waals surface area contributed by atoms with Crippen LogP contribution >= 0.6 is 0 Å². The van der Waals surface area contributed by atoms with Crippen LogP contribution in [0.15, 0.2) is 72.8 Å². The molecule has 0 saturated heterocycles. The highest BCUT2D eigenvalue weighted by Crippen LogP contribution is 2.20. The van der Waals surface area contributed by atoms with Gasteiger partial charge in [-0.15, -0.1) is 0 Å². The first kappa shape index (κ1) is 18.4. The fraction of sp³-hybridized carbons (Fsp3) is 0.130. The maximum absolute atomic E-state index is 12.5. The summed E-state index contributed by atoms with van der Waals surface area (Å²) < 4.78 is 5.47. The Morgan fingerprint density at radius 2 is 1.70 bits per heavy atom. The molecule has 0 heterocycles. The molecule has 0 unspecified atom stereocenters. The van der Waals surface area contributed by atoms with Gasteiger partial charge in [0.1, 0.15) is 5.75 Å². The Morgan fingerprint density at radius 3 is 2.52 bits per heavy atom. The summed E-state index contributed by atoms with van der Waals surface area (Å²) in [5.41, 5.74) is 1.51. The molecule has 3 rings (SSSR count). The van der Waals surface area contributed by atoms with Gasteiger partial charge < -0.3 is 9.64 Å². The number of carbonyl (C=O) groups is 2. The predicted octanol–water partition coefficient (Wildman–Crippen LogP) is 4.20. The number of amides is 1. The summed E-state index contributed by atoms with van der Waals surface area (Å²) in [6.45, 7) is -0.0590. The maximum Gasteiger partial charge on any atom is 0.259 e. The third kappa shape index (κ3) is 4.61. The van der Waals surface area contributed by atoms with Crippen LogP contribution in [0.3, 0.4) is 0 Å². The van der Waals surface area contributed by atoms with Gasteiger partial charge in [0.25, 0.3) is 5.91 Å². The molecule has 3 aromatic carbocycles. The SMILES string of the molecule is CN(C)C(=O)COc1cccc(C(=O)/C=C/c2cccc3ccccc23)c1. The number of hydrogen-bond donors (Lipinski definition) is 0. The monoisotopic (exact) mass is 359 g/mol. The van der Waals surface area contributed by atoms with Crippen LogP contribution < -0.4 is 4.74 Å². The Bertz CT molecular complexity index is 1000. The molecular formula is C23H21NO3. The zero-order valence-electron chi connectivity index (χ0n) is 15.4. The van der Waals surface area contributed by atoms with Crippen LogP contribution in [0, 0.1) is 0 Å². The van der Waals surface area contributed by atoms with Gasteiger partial charge in [-0.25, -0.2) is 0 Å². The minimum Gasteiger partial charge on any atom is -0.484 e. The molecule has 0 aromatic heterocycles. The van der Waals surface area contributed by atoms with Gasteiger partial charge in [-0.05, 0) is 34.5 Å². The van der Waals surface area contributed by atoms with E-state index in [2.05, 4.69) is 0 Å². The summed E-state index contributed by atoms with van der Waals surface area (Å²) in [4.78, 5) is 25.6. The van der Waals surface area contributed by atoms with Crippen molar-refractivity contribution in [1.82, 2.24) is 4.90 Å².